The molecule has 7 nitrogen and oxygen atoms in total. The lowest BCUT2D eigenvalue weighted by Crippen LogP contribution is -2.41. The Morgan fingerprint density at radius 2 is 1.83 bits per heavy atom. The maximum atomic E-state index is 12.6. The Morgan fingerprint density at radius 1 is 1.10 bits per heavy atom. The van der Waals surface area contributed by atoms with Crippen LogP contribution < -0.4 is 15.1 Å². The molecule has 1 amide bonds. The summed E-state index contributed by atoms with van der Waals surface area (Å²) in [5.41, 5.74) is 2.35. The van der Waals surface area contributed by atoms with Gasteiger partial charge in [0, 0.05) is 38.2 Å². The van der Waals surface area contributed by atoms with Crippen LogP contribution >= 0.6 is 0 Å². The largest absolute Gasteiger partial charge is 0.394 e. The fourth-order valence-electron chi connectivity index (χ4n) is 4.40. The summed E-state index contributed by atoms with van der Waals surface area (Å²) in [4.78, 5) is 25.9. The number of anilines is 2. The van der Waals surface area contributed by atoms with Gasteiger partial charge in [0.05, 0.1) is 12.6 Å². The molecule has 7 heteroatoms. The van der Waals surface area contributed by atoms with Crippen LogP contribution in [0.1, 0.15) is 36.8 Å². The predicted octanol–water partition coefficient (Wildman–Crippen LogP) is 2.28. The minimum Gasteiger partial charge on any atom is -0.394 e. The molecular formula is C23H31N5O2. The zero-order chi connectivity index (χ0) is 20.9. The maximum Gasteiger partial charge on any atom is 0.223 e. The SMILES string of the molecule is Cc1ccc(CNC(=O)C2CCN(c3cc(N4CCCC4CO)ncn3)CC2)cc1. The van der Waals surface area contributed by atoms with Crippen molar-refractivity contribution in [1.82, 2.24) is 15.3 Å². The van der Waals surface area contributed by atoms with Crippen molar-refractivity contribution in [3.63, 3.8) is 0 Å². The van der Waals surface area contributed by atoms with Gasteiger partial charge in [-0.3, -0.25) is 4.79 Å². The molecule has 160 valence electrons. The van der Waals surface area contributed by atoms with Crippen LogP contribution in [0.2, 0.25) is 0 Å². The fourth-order valence-corrected chi connectivity index (χ4v) is 4.40. The molecule has 2 fully saturated rings. The molecule has 2 N–H and O–H groups in total. The molecular weight excluding hydrogens is 378 g/mol. The molecule has 2 aliphatic rings. The van der Waals surface area contributed by atoms with Crippen LogP contribution in [-0.2, 0) is 11.3 Å². The lowest BCUT2D eigenvalue weighted by molar-refractivity contribution is -0.125. The third kappa shape index (κ3) is 4.73. The zero-order valence-electron chi connectivity index (χ0n) is 17.6. The molecule has 4 rings (SSSR count). The number of amides is 1. The van der Waals surface area contributed by atoms with Gasteiger partial charge in [-0.15, -0.1) is 0 Å². The minimum absolute atomic E-state index is 0.0466. The molecule has 1 aromatic heterocycles. The average molecular weight is 410 g/mol. The second-order valence-corrected chi connectivity index (χ2v) is 8.37. The van der Waals surface area contributed by atoms with E-state index in [-0.39, 0.29) is 24.5 Å². The van der Waals surface area contributed by atoms with E-state index in [2.05, 4.69) is 56.3 Å². The quantitative estimate of drug-likeness (QED) is 0.762. The first-order chi connectivity index (χ1) is 14.6. The predicted molar refractivity (Wildman–Crippen MR) is 117 cm³/mol. The van der Waals surface area contributed by atoms with Crippen LogP contribution in [-0.4, -0.2) is 53.3 Å². The van der Waals surface area contributed by atoms with Crippen molar-refractivity contribution in [2.45, 2.75) is 45.2 Å². The van der Waals surface area contributed by atoms with E-state index in [0.29, 0.717) is 6.54 Å². The topological polar surface area (TPSA) is 81.6 Å². The highest BCUT2D eigenvalue weighted by atomic mass is 16.3. The number of carbonyl (C=O) groups is 1. The third-order valence-corrected chi connectivity index (χ3v) is 6.30. The molecule has 0 saturated carbocycles. The number of nitrogens with one attached hydrogen (secondary N) is 1. The van der Waals surface area contributed by atoms with Crippen molar-refractivity contribution in [2.24, 2.45) is 5.92 Å². The Morgan fingerprint density at radius 3 is 2.57 bits per heavy atom. The van der Waals surface area contributed by atoms with Crippen molar-refractivity contribution in [3.05, 3.63) is 47.8 Å². The number of hydrogen-bond donors (Lipinski definition) is 2. The van der Waals surface area contributed by atoms with E-state index in [1.54, 1.807) is 6.33 Å². The Hall–Kier alpha value is -2.67. The van der Waals surface area contributed by atoms with Crippen molar-refractivity contribution < 1.29 is 9.90 Å². The smallest absolute Gasteiger partial charge is 0.223 e. The first-order valence-electron chi connectivity index (χ1n) is 10.9. The highest BCUT2D eigenvalue weighted by Gasteiger charge is 2.28. The van der Waals surface area contributed by atoms with Crippen LogP contribution in [0.25, 0.3) is 0 Å². The molecule has 0 spiro atoms. The van der Waals surface area contributed by atoms with E-state index >= 15 is 0 Å². The van der Waals surface area contributed by atoms with Crippen molar-refractivity contribution in [1.29, 1.82) is 0 Å². The van der Waals surface area contributed by atoms with Crippen molar-refractivity contribution in [2.75, 3.05) is 36.0 Å². The normalized spacial score (nSPS) is 19.9. The van der Waals surface area contributed by atoms with Gasteiger partial charge < -0.3 is 20.2 Å². The number of nitrogens with zero attached hydrogens (tertiary/aromatic N) is 4. The van der Waals surface area contributed by atoms with Gasteiger partial charge in [0.1, 0.15) is 18.0 Å². The maximum absolute atomic E-state index is 12.6. The number of benzene rings is 1. The summed E-state index contributed by atoms with van der Waals surface area (Å²) in [6.07, 6.45) is 5.33. The lowest BCUT2D eigenvalue weighted by atomic mass is 9.96. The van der Waals surface area contributed by atoms with Crippen LogP contribution in [0.3, 0.4) is 0 Å². The molecule has 3 heterocycles. The average Bonchev–Trinajstić information content (AvgIpc) is 3.28. The Balaban J connectivity index is 1.30. The van der Waals surface area contributed by atoms with Gasteiger partial charge in [0.25, 0.3) is 0 Å². The zero-order valence-corrected chi connectivity index (χ0v) is 17.6. The number of aromatic nitrogens is 2. The molecule has 2 aliphatic heterocycles. The summed E-state index contributed by atoms with van der Waals surface area (Å²) in [7, 11) is 0. The number of carbonyl (C=O) groups excluding carboxylic acids is 1. The van der Waals surface area contributed by atoms with Gasteiger partial charge in [0.15, 0.2) is 0 Å². The Kier molecular flexibility index (Phi) is 6.47. The van der Waals surface area contributed by atoms with E-state index in [1.165, 1.54) is 5.56 Å². The summed E-state index contributed by atoms with van der Waals surface area (Å²) < 4.78 is 0. The van der Waals surface area contributed by atoms with Gasteiger partial charge in [-0.05, 0) is 38.2 Å². The molecule has 1 aromatic carbocycles. The van der Waals surface area contributed by atoms with Crippen LogP contribution in [0.4, 0.5) is 11.6 Å². The number of aliphatic hydroxyl groups excluding tert-OH is 1. The van der Waals surface area contributed by atoms with Crippen LogP contribution in [0, 0.1) is 12.8 Å². The Labute approximate surface area is 178 Å². The van der Waals surface area contributed by atoms with Gasteiger partial charge in [-0.25, -0.2) is 9.97 Å². The first-order valence-corrected chi connectivity index (χ1v) is 10.9. The van der Waals surface area contributed by atoms with E-state index in [1.807, 2.05) is 6.07 Å². The van der Waals surface area contributed by atoms with Crippen molar-refractivity contribution >= 4 is 17.5 Å². The molecule has 0 aliphatic carbocycles. The number of piperidine rings is 1. The summed E-state index contributed by atoms with van der Waals surface area (Å²) in [5.74, 6) is 1.98. The van der Waals surface area contributed by atoms with E-state index in [4.69, 9.17) is 0 Å². The lowest BCUT2D eigenvalue weighted by Gasteiger charge is -2.33. The summed E-state index contributed by atoms with van der Waals surface area (Å²) >= 11 is 0. The van der Waals surface area contributed by atoms with E-state index in [0.717, 1.165) is 62.5 Å². The minimum atomic E-state index is 0.0466. The number of hydrogen-bond acceptors (Lipinski definition) is 6. The molecule has 1 unspecified atom stereocenters. The van der Waals surface area contributed by atoms with Crippen LogP contribution in [0.5, 0.6) is 0 Å². The second-order valence-electron chi connectivity index (χ2n) is 8.37. The highest BCUT2D eigenvalue weighted by Crippen LogP contribution is 2.28. The molecule has 0 radical (unpaired) electrons. The highest BCUT2D eigenvalue weighted by molar-refractivity contribution is 5.79. The van der Waals surface area contributed by atoms with Gasteiger partial charge in [-0.2, -0.15) is 0 Å². The number of rotatable bonds is 6. The fraction of sp³-hybridized carbons (Fsp3) is 0.522. The van der Waals surface area contributed by atoms with Gasteiger partial charge in [0.2, 0.25) is 5.91 Å². The third-order valence-electron chi connectivity index (χ3n) is 6.30. The number of aryl methyl sites for hydroxylation is 1. The summed E-state index contributed by atoms with van der Waals surface area (Å²) in [6.45, 7) is 5.33. The van der Waals surface area contributed by atoms with Gasteiger partial charge >= 0.3 is 0 Å². The second kappa shape index (κ2) is 9.43. The van der Waals surface area contributed by atoms with Gasteiger partial charge in [-0.1, -0.05) is 29.8 Å². The molecule has 1 atom stereocenters. The first kappa shape index (κ1) is 20.6. The van der Waals surface area contributed by atoms with Crippen LogP contribution in [0.15, 0.2) is 36.7 Å². The molecule has 30 heavy (non-hydrogen) atoms. The number of aliphatic hydroxyl groups is 1. The molecule has 2 aromatic rings. The van der Waals surface area contributed by atoms with E-state index < -0.39 is 0 Å². The van der Waals surface area contributed by atoms with E-state index in [9.17, 15) is 9.90 Å². The molecule has 2 saturated heterocycles. The Bertz CT molecular complexity index is 849. The summed E-state index contributed by atoms with van der Waals surface area (Å²) in [6, 6.07) is 10.4. The standard InChI is InChI=1S/C23H31N5O2/c1-17-4-6-18(7-5-17)14-24-23(30)19-8-11-27(12-9-19)21-13-22(26-16-25-21)28-10-2-3-20(28)15-29/h4-7,13,16,19-20,29H,2-3,8-12,14-15H2,1H3,(H,24,30). The van der Waals surface area contributed by atoms with Crippen molar-refractivity contribution in [3.8, 4) is 0 Å². The monoisotopic (exact) mass is 409 g/mol. The summed E-state index contributed by atoms with van der Waals surface area (Å²) in [5, 5.41) is 12.7. The molecule has 0 bridgehead atoms.